The number of sulfonamides is 1. The van der Waals surface area contributed by atoms with E-state index in [0.717, 1.165) is 35.4 Å². The number of hydrogen-bond acceptors (Lipinski definition) is 6. The number of amides is 1. The van der Waals surface area contributed by atoms with Crippen molar-refractivity contribution in [3.63, 3.8) is 0 Å². The van der Waals surface area contributed by atoms with Crippen LogP contribution in [0, 0.1) is 29.1 Å². The number of benzene rings is 3. The molecule has 4 rings (SSSR count). The van der Waals surface area contributed by atoms with Crippen molar-refractivity contribution in [1.82, 2.24) is 4.31 Å². The molecular weight excluding hydrogens is 627 g/mol. The summed E-state index contributed by atoms with van der Waals surface area (Å²) >= 11 is 0. The Kier molecular flexibility index (Phi) is 10.5. The first-order valence-electron chi connectivity index (χ1n) is 13.8. The number of rotatable bonds is 11. The third-order valence-electron chi connectivity index (χ3n) is 7.39. The van der Waals surface area contributed by atoms with E-state index in [1.165, 1.54) is 13.0 Å². The van der Waals surface area contributed by atoms with Crippen molar-refractivity contribution in [2.45, 2.75) is 43.5 Å². The summed E-state index contributed by atoms with van der Waals surface area (Å²) in [6, 6.07) is 10.4. The van der Waals surface area contributed by atoms with Crippen LogP contribution in [0.1, 0.15) is 53.6 Å². The number of anilines is 1. The van der Waals surface area contributed by atoms with Crippen molar-refractivity contribution in [3.05, 3.63) is 88.2 Å². The summed E-state index contributed by atoms with van der Waals surface area (Å²) in [6.45, 7) is 0.842. The first kappa shape index (κ1) is 33.8. The summed E-state index contributed by atoms with van der Waals surface area (Å²) in [7, 11) is -5.46. The number of nitrogens with zero attached hydrogens (tertiary/aromatic N) is 2. The first-order chi connectivity index (χ1) is 21.3. The monoisotopic (exact) mass is 656 g/mol. The maximum absolute atomic E-state index is 14.6. The van der Waals surface area contributed by atoms with E-state index in [1.54, 1.807) is 12.1 Å². The van der Waals surface area contributed by atoms with Gasteiger partial charge in [0.2, 0.25) is 21.7 Å². The minimum Gasteiger partial charge on any atom is -0.507 e. The minimum atomic E-state index is -5.46. The normalized spacial score (nSPS) is 14.1. The highest BCUT2D eigenvalue weighted by Gasteiger charge is 2.38. The van der Waals surface area contributed by atoms with Gasteiger partial charge >= 0.3 is 5.97 Å². The third-order valence-corrected chi connectivity index (χ3v) is 9.26. The highest BCUT2D eigenvalue weighted by Crippen LogP contribution is 2.31. The number of carbonyl (C=O) groups is 2. The van der Waals surface area contributed by atoms with E-state index in [2.05, 4.69) is 0 Å². The van der Waals surface area contributed by atoms with E-state index < -0.39 is 80.3 Å². The molecule has 0 saturated carbocycles. The van der Waals surface area contributed by atoms with E-state index >= 15 is 0 Å². The Labute approximate surface area is 255 Å². The molecule has 0 bridgehead atoms. The molecule has 0 atom stereocenters. The van der Waals surface area contributed by atoms with E-state index in [-0.39, 0.29) is 24.6 Å². The second-order valence-corrected chi connectivity index (χ2v) is 12.2. The van der Waals surface area contributed by atoms with Crippen molar-refractivity contribution < 1.29 is 54.9 Å². The Balaban J connectivity index is 1.71. The maximum Gasteiger partial charge on any atom is 0.339 e. The molecule has 0 aliphatic carbocycles. The van der Waals surface area contributed by atoms with Gasteiger partial charge in [0.05, 0.1) is 13.1 Å². The molecule has 0 aromatic heterocycles. The molecule has 0 unspecified atom stereocenters. The largest absolute Gasteiger partial charge is 0.507 e. The van der Waals surface area contributed by atoms with Crippen LogP contribution in [-0.2, 0) is 26.1 Å². The fourth-order valence-electron chi connectivity index (χ4n) is 5.01. The average molecular weight is 657 g/mol. The Bertz CT molecular complexity index is 1670. The molecule has 242 valence electrons. The molecule has 3 aromatic rings. The number of carbonyl (C=O) groups excluding carboxylic acids is 1. The molecule has 1 aliphatic rings. The fraction of sp³-hybridized carbons (Fsp3) is 0.333. The quantitative estimate of drug-likeness (QED) is 0.163. The van der Waals surface area contributed by atoms with Gasteiger partial charge in [0.25, 0.3) is 0 Å². The summed E-state index contributed by atoms with van der Waals surface area (Å²) in [4.78, 5) is 24.0. The molecule has 1 amide bonds. The van der Waals surface area contributed by atoms with Crippen molar-refractivity contribution in [2.24, 2.45) is 0 Å². The van der Waals surface area contributed by atoms with Gasteiger partial charge in [0.15, 0.2) is 28.2 Å². The fourth-order valence-corrected chi connectivity index (χ4v) is 6.60. The average Bonchev–Trinajstić information content (AvgIpc) is 3.01. The smallest absolute Gasteiger partial charge is 0.339 e. The zero-order valence-corrected chi connectivity index (χ0v) is 24.7. The SMILES string of the molecule is CCCN(CC(=O)N(Cc1ccc(C2CCOCC2)cc1)c1ccc(C(=O)O)c(O)c1)S(=O)(=O)c1c(F)c(F)c(F)c(F)c1F. The first-order valence-corrected chi connectivity index (χ1v) is 15.3. The van der Waals surface area contributed by atoms with E-state index in [9.17, 15) is 50.2 Å². The molecular formula is C30H29F5N2O7S. The molecule has 2 N–H and O–H groups in total. The molecule has 9 nitrogen and oxygen atoms in total. The van der Waals surface area contributed by atoms with Crippen LogP contribution in [0.15, 0.2) is 47.4 Å². The van der Waals surface area contributed by atoms with Gasteiger partial charge in [-0.05, 0) is 48.4 Å². The maximum atomic E-state index is 14.6. The number of carboxylic acid groups (broad SMARTS) is 1. The van der Waals surface area contributed by atoms with Crippen LogP contribution in [0.2, 0.25) is 0 Å². The van der Waals surface area contributed by atoms with Gasteiger partial charge in [0.1, 0.15) is 11.3 Å². The molecule has 1 saturated heterocycles. The lowest BCUT2D eigenvalue weighted by molar-refractivity contribution is -0.119. The highest BCUT2D eigenvalue weighted by molar-refractivity contribution is 7.89. The van der Waals surface area contributed by atoms with Crippen LogP contribution < -0.4 is 4.90 Å². The summed E-state index contributed by atoms with van der Waals surface area (Å²) in [6.07, 6.45) is 1.64. The number of ether oxygens (including phenoxy) is 1. The van der Waals surface area contributed by atoms with Gasteiger partial charge in [-0.2, -0.15) is 4.31 Å². The number of halogens is 5. The van der Waals surface area contributed by atoms with Gasteiger partial charge in [-0.1, -0.05) is 31.2 Å². The topological polar surface area (TPSA) is 124 Å². The lowest BCUT2D eigenvalue weighted by Gasteiger charge is -2.28. The zero-order chi connectivity index (χ0) is 33.1. The molecule has 1 heterocycles. The van der Waals surface area contributed by atoms with Crippen LogP contribution >= 0.6 is 0 Å². The Morgan fingerprint density at radius 3 is 2.02 bits per heavy atom. The second-order valence-electron chi connectivity index (χ2n) is 10.4. The van der Waals surface area contributed by atoms with Gasteiger partial charge in [0, 0.05) is 31.5 Å². The molecule has 45 heavy (non-hydrogen) atoms. The third kappa shape index (κ3) is 7.10. The Hall–Kier alpha value is -4.08. The predicted octanol–water partition coefficient (Wildman–Crippen LogP) is 5.31. The minimum absolute atomic E-state index is 0.0102. The highest BCUT2D eigenvalue weighted by atomic mass is 32.2. The Morgan fingerprint density at radius 1 is 0.911 bits per heavy atom. The molecule has 0 radical (unpaired) electrons. The summed E-state index contributed by atoms with van der Waals surface area (Å²) in [5.74, 6) is -15.5. The van der Waals surface area contributed by atoms with Crippen LogP contribution in [0.5, 0.6) is 5.75 Å². The predicted molar refractivity (Wildman–Crippen MR) is 151 cm³/mol. The van der Waals surface area contributed by atoms with E-state index in [4.69, 9.17) is 4.74 Å². The van der Waals surface area contributed by atoms with Crippen LogP contribution in [0.4, 0.5) is 27.6 Å². The zero-order valence-electron chi connectivity index (χ0n) is 23.9. The van der Waals surface area contributed by atoms with Gasteiger partial charge < -0.3 is 19.8 Å². The number of phenols is 1. The molecule has 0 spiro atoms. The number of aromatic hydroxyl groups is 1. The molecule has 15 heteroatoms. The van der Waals surface area contributed by atoms with Crippen LogP contribution in [0.3, 0.4) is 0 Å². The summed E-state index contributed by atoms with van der Waals surface area (Å²) < 4.78 is 103. The molecule has 1 fully saturated rings. The van der Waals surface area contributed by atoms with E-state index in [0.29, 0.717) is 23.1 Å². The van der Waals surface area contributed by atoms with Crippen LogP contribution in [-0.4, -0.2) is 61.1 Å². The lowest BCUT2D eigenvalue weighted by atomic mass is 9.91. The number of aromatic carboxylic acids is 1. The van der Waals surface area contributed by atoms with E-state index in [1.807, 2.05) is 12.1 Å². The van der Waals surface area contributed by atoms with Crippen molar-refractivity contribution in [1.29, 1.82) is 0 Å². The summed E-state index contributed by atoms with van der Waals surface area (Å²) in [5.41, 5.74) is 1.05. The summed E-state index contributed by atoms with van der Waals surface area (Å²) in [5, 5.41) is 19.6. The van der Waals surface area contributed by atoms with Crippen molar-refractivity contribution >= 4 is 27.6 Å². The van der Waals surface area contributed by atoms with Crippen molar-refractivity contribution in [3.8, 4) is 5.75 Å². The van der Waals surface area contributed by atoms with Gasteiger partial charge in [-0.25, -0.2) is 35.2 Å². The second kappa shape index (κ2) is 13.9. The number of carboxylic acids is 1. The van der Waals surface area contributed by atoms with Gasteiger partial charge in [-0.15, -0.1) is 0 Å². The molecule has 3 aromatic carbocycles. The standard InChI is InChI=1S/C30H29F5N2O7S/c1-2-11-36(45(42,43)29-27(34)25(32)24(31)26(33)28(29)35)16-23(39)37(20-7-8-21(30(40)41)22(38)14-20)15-17-3-5-18(6-4-17)19-9-12-44-13-10-19/h3-8,14,19,38H,2,9-13,15-16H2,1H3,(H,40,41). The van der Waals surface area contributed by atoms with Gasteiger partial charge in [-0.3, -0.25) is 4.79 Å². The van der Waals surface area contributed by atoms with Crippen molar-refractivity contribution in [2.75, 3.05) is 31.2 Å². The molecule has 1 aliphatic heterocycles. The Morgan fingerprint density at radius 2 is 1.49 bits per heavy atom. The lowest BCUT2D eigenvalue weighted by Crippen LogP contribution is -2.43. The number of hydrogen-bond donors (Lipinski definition) is 2. The van der Waals surface area contributed by atoms with Crippen LogP contribution in [0.25, 0.3) is 0 Å².